The molecular weight excluding hydrogens is 615 g/mol. The van der Waals surface area contributed by atoms with Gasteiger partial charge in [0.15, 0.2) is 0 Å². The van der Waals surface area contributed by atoms with Gasteiger partial charge in [0, 0.05) is 16.9 Å². The molecule has 0 spiro atoms. The highest BCUT2D eigenvalue weighted by molar-refractivity contribution is 6.09. The third-order valence-electron chi connectivity index (χ3n) is 10.3. The second kappa shape index (κ2) is 12.9. The molecule has 7 aromatic carbocycles. The molecule has 0 bridgehead atoms. The molecular formula is C50H51N. The Morgan fingerprint density at radius 1 is 0.353 bits per heavy atom. The Morgan fingerprint density at radius 2 is 0.863 bits per heavy atom. The summed E-state index contributed by atoms with van der Waals surface area (Å²) in [4.78, 5) is 2.44. The van der Waals surface area contributed by atoms with Crippen LogP contribution in [0.5, 0.6) is 0 Å². The molecule has 0 heterocycles. The number of hydrogen-bond donors (Lipinski definition) is 0. The zero-order chi connectivity index (χ0) is 36.1. The van der Waals surface area contributed by atoms with E-state index in [2.05, 4.69) is 213 Å². The first-order chi connectivity index (χ1) is 24.2. The summed E-state index contributed by atoms with van der Waals surface area (Å²) in [5.74, 6) is 0. The third-order valence-corrected chi connectivity index (χ3v) is 10.3. The lowest BCUT2D eigenvalue weighted by Gasteiger charge is -2.29. The summed E-state index contributed by atoms with van der Waals surface area (Å²) in [6.45, 7) is 20.7. The van der Waals surface area contributed by atoms with Crippen molar-refractivity contribution in [3.8, 4) is 22.3 Å². The summed E-state index contributed by atoms with van der Waals surface area (Å²) in [5, 5.41) is 4.98. The van der Waals surface area contributed by atoms with Crippen molar-refractivity contribution in [1.29, 1.82) is 0 Å². The first kappa shape index (κ1) is 34.3. The van der Waals surface area contributed by atoms with E-state index >= 15 is 0 Å². The Kier molecular flexibility index (Phi) is 8.67. The predicted octanol–water partition coefficient (Wildman–Crippen LogP) is 14.7. The molecule has 0 N–H and O–H groups in total. The molecule has 0 amide bonds. The van der Waals surface area contributed by atoms with Crippen LogP contribution in [0.2, 0.25) is 0 Å². The normalized spacial score (nSPS) is 12.4. The maximum atomic E-state index is 2.44. The van der Waals surface area contributed by atoms with E-state index in [0.717, 1.165) is 17.1 Å². The molecule has 0 aliphatic rings. The van der Waals surface area contributed by atoms with Crippen LogP contribution in [0.1, 0.15) is 79.0 Å². The molecule has 0 unspecified atom stereocenters. The second-order valence-corrected chi connectivity index (χ2v) is 17.2. The van der Waals surface area contributed by atoms with Gasteiger partial charge in [-0.3, -0.25) is 0 Å². The summed E-state index contributed by atoms with van der Waals surface area (Å²) in [5.41, 5.74) is 12.6. The fourth-order valence-electron chi connectivity index (χ4n) is 7.21. The maximum Gasteiger partial charge on any atom is 0.0540 e. The van der Waals surface area contributed by atoms with E-state index in [1.165, 1.54) is 60.5 Å². The van der Waals surface area contributed by atoms with Crippen LogP contribution >= 0.6 is 0 Å². The van der Waals surface area contributed by atoms with Gasteiger partial charge < -0.3 is 4.90 Å². The molecule has 0 saturated carbocycles. The number of anilines is 3. The van der Waals surface area contributed by atoms with E-state index < -0.39 is 0 Å². The van der Waals surface area contributed by atoms with Crippen LogP contribution in [-0.2, 0) is 16.2 Å². The highest BCUT2D eigenvalue weighted by atomic mass is 15.1. The molecule has 7 aromatic rings. The molecule has 0 aliphatic heterocycles. The van der Waals surface area contributed by atoms with E-state index in [1.54, 1.807) is 0 Å². The van der Waals surface area contributed by atoms with Gasteiger partial charge in [-0.25, -0.2) is 0 Å². The quantitative estimate of drug-likeness (QED) is 0.177. The van der Waals surface area contributed by atoms with Crippen LogP contribution in [0.3, 0.4) is 0 Å². The predicted molar refractivity (Wildman–Crippen MR) is 223 cm³/mol. The first-order valence-electron chi connectivity index (χ1n) is 18.4. The monoisotopic (exact) mass is 665 g/mol. The number of fused-ring (bicyclic) bond motifs is 2. The fourth-order valence-corrected chi connectivity index (χ4v) is 7.21. The van der Waals surface area contributed by atoms with Crippen LogP contribution in [0.25, 0.3) is 43.8 Å². The molecule has 0 aliphatic carbocycles. The van der Waals surface area contributed by atoms with E-state index in [9.17, 15) is 0 Å². The SMILES string of the molecule is CC(C)(C)c1ccc(N(c2ccc3ccccc3c2)c2ccccc2-c2cccc3cccc(-c4cc(C(C)(C)C)cc(C(C)(C)C)c4)c23)cc1. The minimum Gasteiger partial charge on any atom is -0.310 e. The van der Waals surface area contributed by atoms with Crippen LogP contribution in [-0.4, -0.2) is 0 Å². The van der Waals surface area contributed by atoms with Crippen LogP contribution in [0, 0.1) is 0 Å². The van der Waals surface area contributed by atoms with Gasteiger partial charge in [-0.05, 0) is 102 Å². The average Bonchev–Trinajstić information content (AvgIpc) is 3.10. The highest BCUT2D eigenvalue weighted by Crippen LogP contribution is 2.46. The topological polar surface area (TPSA) is 3.24 Å². The Balaban J connectivity index is 1.49. The van der Waals surface area contributed by atoms with Crippen molar-refractivity contribution in [2.24, 2.45) is 0 Å². The first-order valence-corrected chi connectivity index (χ1v) is 18.4. The lowest BCUT2D eigenvalue weighted by atomic mass is 9.78. The van der Waals surface area contributed by atoms with E-state index in [0.29, 0.717) is 0 Å². The van der Waals surface area contributed by atoms with Crippen molar-refractivity contribution < 1.29 is 0 Å². The molecule has 51 heavy (non-hydrogen) atoms. The van der Waals surface area contributed by atoms with Gasteiger partial charge >= 0.3 is 0 Å². The summed E-state index contributed by atoms with van der Waals surface area (Å²) >= 11 is 0. The van der Waals surface area contributed by atoms with Crippen molar-refractivity contribution in [3.63, 3.8) is 0 Å². The molecule has 0 saturated heterocycles. The van der Waals surface area contributed by atoms with Crippen LogP contribution < -0.4 is 4.90 Å². The van der Waals surface area contributed by atoms with Gasteiger partial charge in [-0.2, -0.15) is 0 Å². The molecule has 7 rings (SSSR count). The molecule has 256 valence electrons. The van der Waals surface area contributed by atoms with Crippen molar-refractivity contribution in [1.82, 2.24) is 0 Å². The smallest absolute Gasteiger partial charge is 0.0540 e. The largest absolute Gasteiger partial charge is 0.310 e. The molecule has 1 nitrogen and oxygen atoms in total. The van der Waals surface area contributed by atoms with Crippen molar-refractivity contribution in [2.45, 2.75) is 78.6 Å². The Morgan fingerprint density at radius 3 is 1.49 bits per heavy atom. The number of para-hydroxylation sites is 1. The number of nitrogens with zero attached hydrogens (tertiary/aromatic N) is 1. The Bertz CT molecular complexity index is 2320. The van der Waals surface area contributed by atoms with Gasteiger partial charge in [0.1, 0.15) is 0 Å². The third kappa shape index (κ3) is 6.83. The zero-order valence-corrected chi connectivity index (χ0v) is 31.8. The second-order valence-electron chi connectivity index (χ2n) is 17.2. The van der Waals surface area contributed by atoms with Gasteiger partial charge in [-0.1, -0.05) is 178 Å². The van der Waals surface area contributed by atoms with Crippen molar-refractivity contribution in [2.75, 3.05) is 4.90 Å². The standard InChI is InChI=1S/C50H51N/c1-48(2,3)38-25-28-41(29-26-38)51(42-27-24-34-16-10-11-17-36(34)32-42)46-23-13-12-20-44(46)45-22-15-19-35-18-14-21-43(47(35)45)37-30-39(49(4,5)6)33-40(31-37)50(7,8)9/h10-33H,1-9H3. The molecule has 0 aromatic heterocycles. The minimum atomic E-state index is 0.0267. The van der Waals surface area contributed by atoms with Gasteiger partial charge in [-0.15, -0.1) is 0 Å². The van der Waals surface area contributed by atoms with Gasteiger partial charge in [0.25, 0.3) is 0 Å². The highest BCUT2D eigenvalue weighted by Gasteiger charge is 2.24. The Hall–Kier alpha value is -5.14. The summed E-state index contributed by atoms with van der Waals surface area (Å²) in [6.07, 6.45) is 0. The van der Waals surface area contributed by atoms with E-state index in [-0.39, 0.29) is 16.2 Å². The minimum absolute atomic E-state index is 0.0267. The summed E-state index contributed by atoms with van der Waals surface area (Å²) < 4.78 is 0. The van der Waals surface area contributed by atoms with Crippen LogP contribution in [0.4, 0.5) is 17.1 Å². The molecule has 0 atom stereocenters. The number of hydrogen-bond acceptors (Lipinski definition) is 1. The average molecular weight is 666 g/mol. The molecule has 1 heteroatoms. The van der Waals surface area contributed by atoms with Crippen molar-refractivity contribution in [3.05, 3.63) is 162 Å². The van der Waals surface area contributed by atoms with E-state index in [4.69, 9.17) is 0 Å². The van der Waals surface area contributed by atoms with Gasteiger partial charge in [0.05, 0.1) is 5.69 Å². The van der Waals surface area contributed by atoms with Crippen LogP contribution in [0.15, 0.2) is 146 Å². The number of rotatable bonds is 5. The zero-order valence-electron chi connectivity index (χ0n) is 31.8. The lowest BCUT2D eigenvalue weighted by molar-refractivity contribution is 0.569. The number of benzene rings is 7. The molecule has 0 fully saturated rings. The lowest BCUT2D eigenvalue weighted by Crippen LogP contribution is -2.16. The fraction of sp³-hybridized carbons (Fsp3) is 0.240. The van der Waals surface area contributed by atoms with E-state index in [1.807, 2.05) is 0 Å². The Labute approximate surface area is 305 Å². The molecule has 0 radical (unpaired) electrons. The summed E-state index contributed by atoms with van der Waals surface area (Å²) in [6, 6.07) is 54.4. The maximum absolute atomic E-state index is 2.44. The van der Waals surface area contributed by atoms with Gasteiger partial charge in [0.2, 0.25) is 0 Å². The summed E-state index contributed by atoms with van der Waals surface area (Å²) in [7, 11) is 0. The van der Waals surface area contributed by atoms with Crippen molar-refractivity contribution >= 4 is 38.6 Å².